The second kappa shape index (κ2) is 6.68. The Labute approximate surface area is 129 Å². The van der Waals surface area contributed by atoms with Crippen molar-refractivity contribution < 1.29 is 0 Å². The summed E-state index contributed by atoms with van der Waals surface area (Å²) >= 11 is 14.3. The van der Waals surface area contributed by atoms with E-state index in [4.69, 9.17) is 28.9 Å². The summed E-state index contributed by atoms with van der Waals surface area (Å²) in [6, 6.07) is 6.36. The molecule has 1 heterocycles. The second-order valence-corrected chi connectivity index (χ2v) is 7.30. The van der Waals surface area contributed by atoms with Crippen LogP contribution in [-0.4, -0.2) is 35.0 Å². The molecule has 1 fully saturated rings. The summed E-state index contributed by atoms with van der Waals surface area (Å²) in [6.07, 6.45) is 0. The van der Waals surface area contributed by atoms with Gasteiger partial charge in [-0.05, 0) is 24.6 Å². The molecule has 1 aromatic carbocycles. The van der Waals surface area contributed by atoms with Crippen LogP contribution in [0, 0.1) is 0 Å². The largest absolute Gasteiger partial charge is 0.329 e. The molecule has 1 aliphatic rings. The number of hydrogen-bond acceptors (Lipinski definition) is 3. The van der Waals surface area contributed by atoms with Crippen molar-refractivity contribution in [1.82, 2.24) is 4.90 Å². The van der Waals surface area contributed by atoms with E-state index in [9.17, 15) is 0 Å². The molecule has 106 valence electrons. The lowest BCUT2D eigenvalue weighted by atomic mass is 10.0. The lowest BCUT2D eigenvalue weighted by Gasteiger charge is -2.42. The fourth-order valence-electron chi connectivity index (χ4n) is 2.61. The van der Waals surface area contributed by atoms with Gasteiger partial charge in [-0.1, -0.05) is 36.2 Å². The summed E-state index contributed by atoms with van der Waals surface area (Å²) in [5, 5.41) is 2.00. The normalized spacial score (nSPS) is 26.4. The highest BCUT2D eigenvalue weighted by atomic mass is 35.5. The van der Waals surface area contributed by atoms with Crippen molar-refractivity contribution in [3.05, 3.63) is 33.8 Å². The fourth-order valence-corrected chi connectivity index (χ4v) is 4.27. The molecule has 2 rings (SSSR count). The molecular formula is C14H20Cl2N2S. The van der Waals surface area contributed by atoms with Crippen LogP contribution in [0.4, 0.5) is 0 Å². The quantitative estimate of drug-likeness (QED) is 0.918. The zero-order valence-electron chi connectivity index (χ0n) is 11.3. The molecule has 2 nitrogen and oxygen atoms in total. The number of nitrogens with zero attached hydrogens (tertiary/aromatic N) is 1. The van der Waals surface area contributed by atoms with E-state index in [1.54, 1.807) is 6.07 Å². The van der Waals surface area contributed by atoms with E-state index in [0.29, 0.717) is 27.9 Å². The summed E-state index contributed by atoms with van der Waals surface area (Å²) in [5.41, 5.74) is 7.09. The molecule has 0 aromatic heterocycles. The van der Waals surface area contributed by atoms with Gasteiger partial charge in [0.15, 0.2) is 0 Å². The predicted octanol–water partition coefficient (Wildman–Crippen LogP) is 3.82. The van der Waals surface area contributed by atoms with Crippen molar-refractivity contribution in [2.24, 2.45) is 5.73 Å². The van der Waals surface area contributed by atoms with Gasteiger partial charge in [-0.2, -0.15) is 11.8 Å². The molecular weight excluding hydrogens is 299 g/mol. The highest BCUT2D eigenvalue weighted by molar-refractivity contribution is 8.00. The number of rotatable bonds is 3. The summed E-state index contributed by atoms with van der Waals surface area (Å²) in [5.74, 6) is 1.15. The maximum absolute atomic E-state index is 6.33. The van der Waals surface area contributed by atoms with Crippen LogP contribution in [0.15, 0.2) is 18.2 Å². The average molecular weight is 319 g/mol. The van der Waals surface area contributed by atoms with Gasteiger partial charge in [0.25, 0.3) is 0 Å². The van der Waals surface area contributed by atoms with Crippen molar-refractivity contribution in [3.8, 4) is 0 Å². The maximum Gasteiger partial charge on any atom is 0.0488 e. The zero-order chi connectivity index (χ0) is 14.0. The lowest BCUT2D eigenvalue weighted by molar-refractivity contribution is 0.151. The Hall–Kier alpha value is 0.0700. The van der Waals surface area contributed by atoms with Gasteiger partial charge in [-0.25, -0.2) is 0 Å². The van der Waals surface area contributed by atoms with Gasteiger partial charge in [-0.15, -0.1) is 0 Å². The summed E-state index contributed by atoms with van der Waals surface area (Å²) in [4.78, 5) is 2.47. The fraction of sp³-hybridized carbons (Fsp3) is 0.571. The topological polar surface area (TPSA) is 29.3 Å². The van der Waals surface area contributed by atoms with Gasteiger partial charge in [0, 0.05) is 46.2 Å². The van der Waals surface area contributed by atoms with E-state index in [1.807, 2.05) is 23.9 Å². The van der Waals surface area contributed by atoms with Gasteiger partial charge in [-0.3, -0.25) is 4.90 Å². The highest BCUT2D eigenvalue weighted by Gasteiger charge is 2.31. The first kappa shape index (κ1) is 15.5. The number of benzene rings is 1. The Morgan fingerprint density at radius 2 is 2.16 bits per heavy atom. The Bertz CT molecular complexity index is 441. The summed E-state index contributed by atoms with van der Waals surface area (Å²) in [7, 11) is 0. The van der Waals surface area contributed by atoms with Crippen molar-refractivity contribution in [1.29, 1.82) is 0 Å². The second-order valence-electron chi connectivity index (χ2n) is 4.97. The first-order chi connectivity index (χ1) is 9.04. The van der Waals surface area contributed by atoms with Crippen LogP contribution < -0.4 is 5.73 Å². The molecule has 1 saturated heterocycles. The molecule has 3 unspecified atom stereocenters. The van der Waals surface area contributed by atoms with Gasteiger partial charge in [0.1, 0.15) is 0 Å². The molecule has 0 spiro atoms. The lowest BCUT2D eigenvalue weighted by Crippen LogP contribution is -2.48. The van der Waals surface area contributed by atoms with Crippen molar-refractivity contribution in [2.75, 3.05) is 18.8 Å². The first-order valence-electron chi connectivity index (χ1n) is 6.57. The third-order valence-electron chi connectivity index (χ3n) is 3.88. The van der Waals surface area contributed by atoms with Gasteiger partial charge < -0.3 is 5.73 Å². The number of hydrogen-bond donors (Lipinski definition) is 1. The molecule has 19 heavy (non-hydrogen) atoms. The van der Waals surface area contributed by atoms with Gasteiger partial charge >= 0.3 is 0 Å². The predicted molar refractivity (Wildman–Crippen MR) is 86.3 cm³/mol. The van der Waals surface area contributed by atoms with Crippen LogP contribution >= 0.6 is 35.0 Å². The monoisotopic (exact) mass is 318 g/mol. The van der Waals surface area contributed by atoms with Gasteiger partial charge in [0.2, 0.25) is 0 Å². The molecule has 5 heteroatoms. The van der Waals surface area contributed by atoms with Crippen molar-refractivity contribution in [3.63, 3.8) is 0 Å². The number of nitrogens with two attached hydrogens (primary N) is 1. The average Bonchev–Trinajstić information content (AvgIpc) is 2.37. The first-order valence-corrected chi connectivity index (χ1v) is 8.37. The van der Waals surface area contributed by atoms with Crippen LogP contribution in [0.1, 0.15) is 25.5 Å². The van der Waals surface area contributed by atoms with E-state index in [1.165, 1.54) is 0 Å². The highest BCUT2D eigenvalue weighted by Crippen LogP contribution is 2.34. The maximum atomic E-state index is 6.33. The smallest absolute Gasteiger partial charge is 0.0488 e. The molecule has 1 aromatic rings. The van der Waals surface area contributed by atoms with Crippen LogP contribution in [0.2, 0.25) is 10.0 Å². The molecule has 0 saturated carbocycles. The molecule has 0 bridgehead atoms. The van der Waals surface area contributed by atoms with Crippen molar-refractivity contribution in [2.45, 2.75) is 31.2 Å². The van der Waals surface area contributed by atoms with E-state index in [2.05, 4.69) is 18.7 Å². The molecule has 1 aliphatic heterocycles. The third kappa shape index (κ3) is 3.40. The van der Waals surface area contributed by atoms with Gasteiger partial charge in [0.05, 0.1) is 0 Å². The van der Waals surface area contributed by atoms with E-state index in [0.717, 1.165) is 17.9 Å². The van der Waals surface area contributed by atoms with Crippen LogP contribution in [-0.2, 0) is 0 Å². The third-order valence-corrected chi connectivity index (χ3v) is 5.78. The minimum Gasteiger partial charge on any atom is -0.329 e. The number of thioether (sulfide) groups is 1. The van der Waals surface area contributed by atoms with Crippen LogP contribution in [0.3, 0.4) is 0 Å². The van der Waals surface area contributed by atoms with Crippen LogP contribution in [0.5, 0.6) is 0 Å². The number of halogens is 2. The van der Waals surface area contributed by atoms with Crippen molar-refractivity contribution >= 4 is 35.0 Å². The standard InChI is InChI=1S/C14H20Cl2N2S/c1-9-10(2)19-6-5-18(9)14(8-17)12-4-3-11(15)7-13(12)16/h3-4,7,9-10,14H,5-6,8,17H2,1-2H3. The molecule has 2 N–H and O–H groups in total. The molecule has 0 radical (unpaired) electrons. The Morgan fingerprint density at radius 3 is 2.79 bits per heavy atom. The SMILES string of the molecule is CC1SCCN(C(CN)c2ccc(Cl)cc2Cl)C1C. The Balaban J connectivity index is 2.28. The summed E-state index contributed by atoms with van der Waals surface area (Å²) in [6.45, 7) is 6.17. The Kier molecular flexibility index (Phi) is 5.44. The zero-order valence-corrected chi connectivity index (χ0v) is 13.6. The minimum absolute atomic E-state index is 0.170. The molecule has 0 aliphatic carbocycles. The molecule has 3 atom stereocenters. The Morgan fingerprint density at radius 1 is 1.42 bits per heavy atom. The minimum atomic E-state index is 0.170. The van der Waals surface area contributed by atoms with E-state index >= 15 is 0 Å². The van der Waals surface area contributed by atoms with E-state index < -0.39 is 0 Å². The summed E-state index contributed by atoms with van der Waals surface area (Å²) < 4.78 is 0. The van der Waals surface area contributed by atoms with Crippen LogP contribution in [0.25, 0.3) is 0 Å². The molecule has 0 amide bonds. The van der Waals surface area contributed by atoms with E-state index in [-0.39, 0.29) is 6.04 Å².